The van der Waals surface area contributed by atoms with Gasteiger partial charge in [-0.3, -0.25) is 4.79 Å². The summed E-state index contributed by atoms with van der Waals surface area (Å²) in [6.45, 7) is 1.96. The van der Waals surface area contributed by atoms with E-state index in [0.717, 1.165) is 30.0 Å². The van der Waals surface area contributed by atoms with Crippen LogP contribution < -0.4 is 5.32 Å². The Morgan fingerprint density at radius 3 is 3.10 bits per heavy atom. The monoisotopic (exact) mass is 286 g/mol. The van der Waals surface area contributed by atoms with Crippen molar-refractivity contribution in [1.29, 1.82) is 0 Å². The Morgan fingerprint density at radius 2 is 2.30 bits per heavy atom. The number of aromatic nitrogens is 1. The van der Waals surface area contributed by atoms with Crippen molar-refractivity contribution in [2.45, 2.75) is 38.6 Å². The summed E-state index contributed by atoms with van der Waals surface area (Å²) in [5.41, 5.74) is 3.52. The average molecular weight is 286 g/mol. The molecular weight excluding hydrogens is 268 g/mol. The van der Waals surface area contributed by atoms with Crippen LogP contribution >= 0.6 is 11.3 Å². The van der Waals surface area contributed by atoms with E-state index in [1.807, 2.05) is 18.4 Å². The third-order valence-corrected chi connectivity index (χ3v) is 4.54. The highest BCUT2D eigenvalue weighted by Crippen LogP contribution is 2.29. The molecule has 1 aromatic carbocycles. The van der Waals surface area contributed by atoms with Gasteiger partial charge in [-0.25, -0.2) is 4.98 Å². The molecule has 1 amide bonds. The van der Waals surface area contributed by atoms with Gasteiger partial charge in [-0.2, -0.15) is 0 Å². The average Bonchev–Trinajstić information content (AvgIpc) is 2.84. The van der Waals surface area contributed by atoms with Gasteiger partial charge in [0, 0.05) is 5.38 Å². The van der Waals surface area contributed by atoms with Gasteiger partial charge in [0.1, 0.15) is 0 Å². The van der Waals surface area contributed by atoms with E-state index in [4.69, 9.17) is 0 Å². The van der Waals surface area contributed by atoms with Gasteiger partial charge in [0.25, 0.3) is 0 Å². The van der Waals surface area contributed by atoms with Gasteiger partial charge >= 0.3 is 0 Å². The van der Waals surface area contributed by atoms with Gasteiger partial charge in [0.05, 0.1) is 23.2 Å². The number of hydrogen-bond acceptors (Lipinski definition) is 3. The summed E-state index contributed by atoms with van der Waals surface area (Å²) < 4.78 is 0. The SMILES string of the molecule is Cc1nc(CC(=O)N[C@@H]2CCCc3ccccc32)cs1. The number of nitrogens with one attached hydrogen (secondary N) is 1. The number of rotatable bonds is 3. The molecule has 1 N–H and O–H groups in total. The fourth-order valence-electron chi connectivity index (χ4n) is 2.80. The van der Waals surface area contributed by atoms with E-state index in [9.17, 15) is 4.79 Å². The van der Waals surface area contributed by atoms with Gasteiger partial charge in [-0.1, -0.05) is 24.3 Å². The minimum atomic E-state index is 0.0667. The molecule has 4 heteroatoms. The molecule has 104 valence electrons. The molecule has 0 saturated heterocycles. The predicted molar refractivity (Wildman–Crippen MR) is 80.8 cm³/mol. The standard InChI is InChI=1S/C16H18N2OS/c1-11-17-13(10-20-11)9-16(19)18-15-8-4-6-12-5-2-3-7-14(12)15/h2-3,5,7,10,15H,4,6,8-9H2,1H3,(H,18,19)/t15-/m1/s1. The first-order valence-electron chi connectivity index (χ1n) is 7.00. The van der Waals surface area contributed by atoms with Crippen LogP contribution in [-0.2, 0) is 17.6 Å². The Hall–Kier alpha value is -1.68. The Bertz CT molecular complexity index is 620. The number of hydrogen-bond donors (Lipinski definition) is 1. The van der Waals surface area contributed by atoms with Crippen molar-refractivity contribution < 1.29 is 4.79 Å². The van der Waals surface area contributed by atoms with Crippen LogP contribution in [0.15, 0.2) is 29.6 Å². The molecule has 1 atom stereocenters. The second kappa shape index (κ2) is 5.75. The number of fused-ring (bicyclic) bond motifs is 1. The van der Waals surface area contributed by atoms with Gasteiger partial charge in [-0.05, 0) is 37.3 Å². The number of amides is 1. The van der Waals surface area contributed by atoms with Crippen molar-refractivity contribution in [3.8, 4) is 0 Å². The van der Waals surface area contributed by atoms with E-state index < -0.39 is 0 Å². The van der Waals surface area contributed by atoms with Crippen molar-refractivity contribution in [1.82, 2.24) is 10.3 Å². The van der Waals surface area contributed by atoms with Crippen LogP contribution in [0.25, 0.3) is 0 Å². The molecule has 3 rings (SSSR count). The summed E-state index contributed by atoms with van der Waals surface area (Å²) >= 11 is 1.59. The minimum absolute atomic E-state index is 0.0667. The fraction of sp³-hybridized carbons (Fsp3) is 0.375. The molecule has 1 aliphatic rings. The molecular formula is C16H18N2OS. The lowest BCUT2D eigenvalue weighted by Crippen LogP contribution is -2.32. The molecule has 2 aromatic rings. The molecule has 0 radical (unpaired) electrons. The Balaban J connectivity index is 1.68. The van der Waals surface area contributed by atoms with Crippen LogP contribution in [0.2, 0.25) is 0 Å². The van der Waals surface area contributed by atoms with Crippen molar-refractivity contribution >= 4 is 17.2 Å². The van der Waals surface area contributed by atoms with Crippen LogP contribution in [-0.4, -0.2) is 10.9 Å². The largest absolute Gasteiger partial charge is 0.349 e. The Labute approximate surface area is 123 Å². The maximum Gasteiger partial charge on any atom is 0.226 e. The first-order valence-corrected chi connectivity index (χ1v) is 7.88. The molecule has 1 heterocycles. The molecule has 1 aliphatic carbocycles. The highest BCUT2D eigenvalue weighted by atomic mass is 32.1. The van der Waals surface area contributed by atoms with Crippen LogP contribution in [0.1, 0.15) is 40.7 Å². The van der Waals surface area contributed by atoms with Crippen LogP contribution in [0.3, 0.4) is 0 Å². The summed E-state index contributed by atoms with van der Waals surface area (Å²) in [5, 5.41) is 6.13. The molecule has 0 fully saturated rings. The number of carbonyl (C=O) groups excluding carboxylic acids is 1. The number of nitrogens with zero attached hydrogens (tertiary/aromatic N) is 1. The first-order chi connectivity index (χ1) is 9.72. The molecule has 3 nitrogen and oxygen atoms in total. The zero-order chi connectivity index (χ0) is 13.9. The lowest BCUT2D eigenvalue weighted by Gasteiger charge is -2.26. The van der Waals surface area contributed by atoms with E-state index in [1.54, 1.807) is 11.3 Å². The van der Waals surface area contributed by atoms with E-state index in [1.165, 1.54) is 11.1 Å². The van der Waals surface area contributed by atoms with Crippen LogP contribution in [0.5, 0.6) is 0 Å². The van der Waals surface area contributed by atoms with Crippen molar-refractivity contribution in [3.63, 3.8) is 0 Å². The third kappa shape index (κ3) is 2.90. The highest BCUT2D eigenvalue weighted by Gasteiger charge is 2.21. The molecule has 0 spiro atoms. The first kappa shape index (κ1) is 13.3. The molecule has 0 bridgehead atoms. The summed E-state index contributed by atoms with van der Waals surface area (Å²) in [7, 11) is 0. The molecule has 0 unspecified atom stereocenters. The maximum absolute atomic E-state index is 12.2. The second-order valence-electron chi connectivity index (χ2n) is 5.25. The number of thiazole rings is 1. The van der Waals surface area contributed by atoms with Crippen LogP contribution in [0.4, 0.5) is 0 Å². The van der Waals surface area contributed by atoms with E-state index in [2.05, 4.69) is 28.5 Å². The van der Waals surface area contributed by atoms with E-state index in [0.29, 0.717) is 6.42 Å². The highest BCUT2D eigenvalue weighted by molar-refractivity contribution is 7.09. The van der Waals surface area contributed by atoms with Crippen molar-refractivity contribution in [2.24, 2.45) is 0 Å². The van der Waals surface area contributed by atoms with E-state index >= 15 is 0 Å². The number of benzene rings is 1. The predicted octanol–water partition coefficient (Wildman–Crippen LogP) is 3.19. The summed E-state index contributed by atoms with van der Waals surface area (Å²) in [6, 6.07) is 8.57. The summed E-state index contributed by atoms with van der Waals surface area (Å²) in [4.78, 5) is 16.5. The lowest BCUT2D eigenvalue weighted by atomic mass is 9.87. The van der Waals surface area contributed by atoms with Gasteiger partial charge in [-0.15, -0.1) is 11.3 Å². The Kier molecular flexibility index (Phi) is 3.83. The fourth-order valence-corrected chi connectivity index (χ4v) is 3.42. The van der Waals surface area contributed by atoms with Gasteiger partial charge < -0.3 is 5.32 Å². The minimum Gasteiger partial charge on any atom is -0.349 e. The van der Waals surface area contributed by atoms with Crippen LogP contribution in [0, 0.1) is 6.92 Å². The third-order valence-electron chi connectivity index (χ3n) is 3.71. The zero-order valence-electron chi connectivity index (χ0n) is 11.6. The van der Waals surface area contributed by atoms with Gasteiger partial charge in [0.2, 0.25) is 5.91 Å². The molecule has 20 heavy (non-hydrogen) atoms. The maximum atomic E-state index is 12.2. The van der Waals surface area contributed by atoms with Crippen molar-refractivity contribution in [3.05, 3.63) is 51.5 Å². The van der Waals surface area contributed by atoms with E-state index in [-0.39, 0.29) is 11.9 Å². The smallest absolute Gasteiger partial charge is 0.226 e. The summed E-state index contributed by atoms with van der Waals surface area (Å²) in [6.07, 6.45) is 3.66. The molecule has 0 saturated carbocycles. The Morgan fingerprint density at radius 1 is 1.45 bits per heavy atom. The van der Waals surface area contributed by atoms with Crippen molar-refractivity contribution in [2.75, 3.05) is 0 Å². The normalized spacial score (nSPS) is 17.6. The molecule has 0 aliphatic heterocycles. The quantitative estimate of drug-likeness (QED) is 0.941. The second-order valence-corrected chi connectivity index (χ2v) is 6.31. The number of aryl methyl sites for hydroxylation is 2. The summed E-state index contributed by atoms with van der Waals surface area (Å²) in [5.74, 6) is 0.0667. The lowest BCUT2D eigenvalue weighted by molar-refractivity contribution is -0.121. The van der Waals surface area contributed by atoms with Gasteiger partial charge in [0.15, 0.2) is 0 Å². The molecule has 1 aromatic heterocycles. The topological polar surface area (TPSA) is 42.0 Å². The zero-order valence-corrected chi connectivity index (χ0v) is 12.4. The number of carbonyl (C=O) groups is 1.